The number of carbonyl (C=O) groups excluding carboxylic acids is 1. The largest absolute Gasteiger partial charge is 0.352 e. The SMILES string of the molecule is CCCC(C)NC(=O)C(C)NCc1ccsc1. The minimum absolute atomic E-state index is 0.0844. The van der Waals surface area contributed by atoms with Gasteiger partial charge < -0.3 is 10.6 Å². The van der Waals surface area contributed by atoms with E-state index in [0.29, 0.717) is 0 Å². The first-order chi connectivity index (χ1) is 8.13. The summed E-state index contributed by atoms with van der Waals surface area (Å²) >= 11 is 1.68. The lowest BCUT2D eigenvalue weighted by molar-refractivity contribution is -0.123. The molecular weight excluding hydrogens is 232 g/mol. The molecule has 0 saturated heterocycles. The molecule has 0 bridgehead atoms. The molecule has 0 fully saturated rings. The maximum absolute atomic E-state index is 11.8. The standard InChI is InChI=1S/C13H22N2OS/c1-4-5-10(2)15-13(16)11(3)14-8-12-6-7-17-9-12/h6-7,9-11,14H,4-5,8H2,1-3H3,(H,15,16). The third-order valence-corrected chi connectivity index (χ3v) is 3.43. The minimum atomic E-state index is -0.144. The quantitative estimate of drug-likeness (QED) is 0.785. The average Bonchev–Trinajstić information content (AvgIpc) is 2.78. The molecule has 0 aliphatic heterocycles. The second-order valence-electron chi connectivity index (χ2n) is 4.43. The molecule has 2 unspecified atom stereocenters. The van der Waals surface area contributed by atoms with Gasteiger partial charge in [0.05, 0.1) is 6.04 Å². The Morgan fingerprint density at radius 3 is 2.82 bits per heavy atom. The highest BCUT2D eigenvalue weighted by Gasteiger charge is 2.14. The fourth-order valence-electron chi connectivity index (χ4n) is 1.63. The Balaban J connectivity index is 2.26. The van der Waals surface area contributed by atoms with Crippen LogP contribution in [0.15, 0.2) is 16.8 Å². The molecule has 4 heteroatoms. The number of hydrogen-bond acceptors (Lipinski definition) is 3. The normalized spacial score (nSPS) is 14.3. The zero-order valence-corrected chi connectivity index (χ0v) is 11.6. The number of thiophene rings is 1. The summed E-state index contributed by atoms with van der Waals surface area (Å²) in [6, 6.07) is 2.19. The van der Waals surface area contributed by atoms with E-state index in [1.54, 1.807) is 11.3 Å². The summed E-state index contributed by atoms with van der Waals surface area (Å²) in [4.78, 5) is 11.8. The summed E-state index contributed by atoms with van der Waals surface area (Å²) in [5.74, 6) is 0.0844. The second-order valence-corrected chi connectivity index (χ2v) is 5.21. The molecule has 1 rings (SSSR count). The second kappa shape index (κ2) is 7.45. The zero-order chi connectivity index (χ0) is 12.7. The van der Waals surface area contributed by atoms with Crippen LogP contribution in [0.5, 0.6) is 0 Å². The topological polar surface area (TPSA) is 41.1 Å². The molecule has 1 amide bonds. The smallest absolute Gasteiger partial charge is 0.237 e. The van der Waals surface area contributed by atoms with Gasteiger partial charge in [0, 0.05) is 12.6 Å². The van der Waals surface area contributed by atoms with Gasteiger partial charge in [0.1, 0.15) is 0 Å². The maximum atomic E-state index is 11.8. The first-order valence-corrected chi connectivity index (χ1v) is 7.12. The van der Waals surface area contributed by atoms with Crippen LogP contribution in [0.25, 0.3) is 0 Å². The van der Waals surface area contributed by atoms with E-state index < -0.39 is 0 Å². The molecular formula is C13H22N2OS. The molecule has 0 aliphatic rings. The van der Waals surface area contributed by atoms with Crippen molar-refractivity contribution in [2.75, 3.05) is 0 Å². The molecule has 2 atom stereocenters. The van der Waals surface area contributed by atoms with E-state index in [2.05, 4.69) is 29.0 Å². The van der Waals surface area contributed by atoms with Gasteiger partial charge in [-0.1, -0.05) is 13.3 Å². The van der Waals surface area contributed by atoms with E-state index >= 15 is 0 Å². The third-order valence-electron chi connectivity index (χ3n) is 2.70. The van der Waals surface area contributed by atoms with E-state index in [0.717, 1.165) is 19.4 Å². The molecule has 0 spiro atoms. The number of amides is 1. The van der Waals surface area contributed by atoms with Gasteiger partial charge in [-0.15, -0.1) is 0 Å². The van der Waals surface area contributed by atoms with Crippen LogP contribution in [-0.2, 0) is 11.3 Å². The number of carbonyl (C=O) groups is 1. The van der Waals surface area contributed by atoms with Gasteiger partial charge in [0.15, 0.2) is 0 Å². The zero-order valence-electron chi connectivity index (χ0n) is 10.8. The van der Waals surface area contributed by atoms with Crippen LogP contribution in [0.4, 0.5) is 0 Å². The van der Waals surface area contributed by atoms with Gasteiger partial charge in [0.25, 0.3) is 0 Å². The van der Waals surface area contributed by atoms with Gasteiger partial charge in [-0.05, 0) is 42.7 Å². The predicted molar refractivity (Wildman–Crippen MR) is 73.1 cm³/mol. The van der Waals surface area contributed by atoms with E-state index in [9.17, 15) is 4.79 Å². The van der Waals surface area contributed by atoms with Crippen molar-refractivity contribution in [1.82, 2.24) is 10.6 Å². The van der Waals surface area contributed by atoms with Crippen molar-refractivity contribution in [1.29, 1.82) is 0 Å². The van der Waals surface area contributed by atoms with Crippen LogP contribution in [0.2, 0.25) is 0 Å². The van der Waals surface area contributed by atoms with Crippen molar-refractivity contribution in [3.8, 4) is 0 Å². The molecule has 1 aromatic heterocycles. The highest BCUT2D eigenvalue weighted by atomic mass is 32.1. The number of rotatable bonds is 7. The Morgan fingerprint density at radius 1 is 1.47 bits per heavy atom. The number of nitrogens with one attached hydrogen (secondary N) is 2. The summed E-state index contributed by atoms with van der Waals surface area (Å²) in [5, 5.41) is 10.4. The van der Waals surface area contributed by atoms with E-state index in [-0.39, 0.29) is 18.0 Å². The van der Waals surface area contributed by atoms with Gasteiger partial charge >= 0.3 is 0 Å². The lowest BCUT2D eigenvalue weighted by Crippen LogP contribution is -2.45. The molecule has 0 radical (unpaired) electrons. The lowest BCUT2D eigenvalue weighted by atomic mass is 10.2. The Hall–Kier alpha value is -0.870. The third kappa shape index (κ3) is 5.33. The molecule has 1 heterocycles. The summed E-state index contributed by atoms with van der Waals surface area (Å²) in [5.41, 5.74) is 1.23. The fraction of sp³-hybridized carbons (Fsp3) is 0.615. The van der Waals surface area contributed by atoms with Crippen molar-refractivity contribution >= 4 is 17.2 Å². The van der Waals surface area contributed by atoms with E-state index in [4.69, 9.17) is 0 Å². The number of hydrogen-bond donors (Lipinski definition) is 2. The van der Waals surface area contributed by atoms with E-state index in [1.807, 2.05) is 19.2 Å². The molecule has 1 aromatic rings. The molecule has 0 aromatic carbocycles. The maximum Gasteiger partial charge on any atom is 0.237 e. The van der Waals surface area contributed by atoms with Crippen LogP contribution in [0, 0.1) is 0 Å². The first kappa shape index (κ1) is 14.2. The lowest BCUT2D eigenvalue weighted by Gasteiger charge is -2.17. The Bertz CT molecular complexity index is 324. The van der Waals surface area contributed by atoms with Crippen molar-refractivity contribution in [3.05, 3.63) is 22.4 Å². The Labute approximate surface area is 108 Å². The van der Waals surface area contributed by atoms with Crippen molar-refractivity contribution in [2.24, 2.45) is 0 Å². The highest BCUT2D eigenvalue weighted by Crippen LogP contribution is 2.05. The molecule has 3 nitrogen and oxygen atoms in total. The summed E-state index contributed by atoms with van der Waals surface area (Å²) in [6.45, 7) is 6.83. The van der Waals surface area contributed by atoms with Crippen molar-refractivity contribution in [3.63, 3.8) is 0 Å². The van der Waals surface area contributed by atoms with Crippen LogP contribution < -0.4 is 10.6 Å². The summed E-state index contributed by atoms with van der Waals surface area (Å²) in [6.07, 6.45) is 2.13. The Morgan fingerprint density at radius 2 is 2.24 bits per heavy atom. The molecule has 0 aliphatic carbocycles. The van der Waals surface area contributed by atoms with Gasteiger partial charge in [-0.25, -0.2) is 0 Å². The molecule has 0 saturated carbocycles. The minimum Gasteiger partial charge on any atom is -0.352 e. The van der Waals surface area contributed by atoms with Crippen LogP contribution in [0.1, 0.15) is 39.2 Å². The van der Waals surface area contributed by atoms with Crippen molar-refractivity contribution in [2.45, 2.75) is 52.2 Å². The van der Waals surface area contributed by atoms with Gasteiger partial charge in [-0.2, -0.15) is 11.3 Å². The molecule has 17 heavy (non-hydrogen) atoms. The van der Waals surface area contributed by atoms with Crippen molar-refractivity contribution < 1.29 is 4.79 Å². The monoisotopic (exact) mass is 254 g/mol. The average molecular weight is 254 g/mol. The summed E-state index contributed by atoms with van der Waals surface area (Å²) in [7, 11) is 0. The summed E-state index contributed by atoms with van der Waals surface area (Å²) < 4.78 is 0. The molecule has 2 N–H and O–H groups in total. The highest BCUT2D eigenvalue weighted by molar-refractivity contribution is 7.07. The Kier molecular flexibility index (Phi) is 6.22. The first-order valence-electron chi connectivity index (χ1n) is 6.18. The fourth-order valence-corrected chi connectivity index (χ4v) is 2.30. The van der Waals surface area contributed by atoms with Gasteiger partial charge in [-0.3, -0.25) is 4.79 Å². The predicted octanol–water partition coefficient (Wildman–Crippen LogP) is 2.53. The van der Waals surface area contributed by atoms with Crippen LogP contribution >= 0.6 is 11.3 Å². The van der Waals surface area contributed by atoms with Crippen LogP contribution in [0.3, 0.4) is 0 Å². The van der Waals surface area contributed by atoms with Crippen LogP contribution in [-0.4, -0.2) is 18.0 Å². The van der Waals surface area contributed by atoms with Gasteiger partial charge in [0.2, 0.25) is 5.91 Å². The molecule has 96 valence electrons. The van der Waals surface area contributed by atoms with E-state index in [1.165, 1.54) is 5.56 Å².